The SMILES string of the molecule is CCc1ccc(-c2ccc(NC(=O)c3ccc(C(c4ccc(C(C)=O)cc4)(C(F)(F)F)C(F)(F)F)cc3)c(O)c2)cc1O. The molecule has 11 heteroatoms. The summed E-state index contributed by atoms with van der Waals surface area (Å²) < 4.78 is 86.4. The van der Waals surface area contributed by atoms with Gasteiger partial charge in [-0.1, -0.05) is 61.5 Å². The van der Waals surface area contributed by atoms with Crippen LogP contribution in [-0.4, -0.2) is 34.3 Å². The number of phenols is 2. The highest BCUT2D eigenvalue weighted by atomic mass is 19.4. The Bertz CT molecular complexity index is 1650. The molecule has 1 amide bonds. The van der Waals surface area contributed by atoms with Gasteiger partial charge in [-0.05, 0) is 71.5 Å². The highest BCUT2D eigenvalue weighted by molar-refractivity contribution is 6.05. The lowest BCUT2D eigenvalue weighted by Gasteiger charge is -2.38. The molecule has 4 rings (SSSR count). The van der Waals surface area contributed by atoms with E-state index in [-0.39, 0.29) is 28.3 Å². The molecule has 3 N–H and O–H groups in total. The maximum absolute atomic E-state index is 14.4. The molecule has 0 aliphatic carbocycles. The third-order valence-corrected chi connectivity index (χ3v) is 7.20. The number of carbonyl (C=O) groups is 2. The predicted octanol–water partition coefficient (Wildman–Crippen LogP) is 8.19. The maximum atomic E-state index is 14.4. The first kappa shape index (κ1) is 31.1. The topological polar surface area (TPSA) is 86.6 Å². The van der Waals surface area contributed by atoms with Gasteiger partial charge >= 0.3 is 12.4 Å². The summed E-state index contributed by atoms with van der Waals surface area (Å²) in [7, 11) is 0. The number of phenolic OH excluding ortho intramolecular Hbond substituents is 2. The lowest BCUT2D eigenvalue weighted by molar-refractivity contribution is -0.288. The molecule has 0 aromatic heterocycles. The molecule has 0 aliphatic heterocycles. The number of amides is 1. The lowest BCUT2D eigenvalue weighted by atomic mass is 9.72. The zero-order valence-corrected chi connectivity index (χ0v) is 22.8. The van der Waals surface area contributed by atoms with E-state index >= 15 is 0 Å². The van der Waals surface area contributed by atoms with Crippen LogP contribution in [-0.2, 0) is 11.8 Å². The number of nitrogens with one attached hydrogen (secondary N) is 1. The highest BCUT2D eigenvalue weighted by Crippen LogP contribution is 2.56. The molecule has 5 nitrogen and oxygen atoms in total. The summed E-state index contributed by atoms with van der Waals surface area (Å²) in [6, 6.07) is 15.1. The molecule has 0 fully saturated rings. The van der Waals surface area contributed by atoms with Gasteiger partial charge in [-0.3, -0.25) is 9.59 Å². The van der Waals surface area contributed by atoms with Gasteiger partial charge in [-0.15, -0.1) is 0 Å². The molecule has 0 saturated carbocycles. The van der Waals surface area contributed by atoms with E-state index in [0.717, 1.165) is 36.8 Å². The summed E-state index contributed by atoms with van der Waals surface area (Å²) in [5.41, 5.74) is -5.30. The van der Waals surface area contributed by atoms with Gasteiger partial charge in [0.15, 0.2) is 5.78 Å². The normalized spacial score (nSPS) is 12.2. The van der Waals surface area contributed by atoms with E-state index < -0.39 is 40.6 Å². The van der Waals surface area contributed by atoms with E-state index in [9.17, 15) is 46.1 Å². The second-order valence-corrected chi connectivity index (χ2v) is 9.84. The molecular weight excluding hydrogens is 576 g/mol. The molecule has 0 bridgehead atoms. The van der Waals surface area contributed by atoms with Gasteiger partial charge in [0, 0.05) is 11.1 Å². The Kier molecular flexibility index (Phi) is 8.31. The first-order valence-electron chi connectivity index (χ1n) is 12.9. The molecule has 0 spiro atoms. The van der Waals surface area contributed by atoms with E-state index in [1.54, 1.807) is 18.2 Å². The number of Topliss-reactive ketones (excluding diaryl/α,β-unsaturated/α-hetero) is 1. The van der Waals surface area contributed by atoms with Crippen LogP contribution in [0.25, 0.3) is 11.1 Å². The maximum Gasteiger partial charge on any atom is 0.411 e. The van der Waals surface area contributed by atoms with Crippen LogP contribution in [0.15, 0.2) is 84.9 Å². The van der Waals surface area contributed by atoms with E-state index in [1.165, 1.54) is 18.2 Å². The second kappa shape index (κ2) is 11.5. The quantitative estimate of drug-likeness (QED) is 0.113. The molecule has 43 heavy (non-hydrogen) atoms. The largest absolute Gasteiger partial charge is 0.508 e. The van der Waals surface area contributed by atoms with Gasteiger partial charge < -0.3 is 15.5 Å². The van der Waals surface area contributed by atoms with Crippen molar-refractivity contribution in [1.29, 1.82) is 0 Å². The Hall–Kier alpha value is -4.80. The van der Waals surface area contributed by atoms with Gasteiger partial charge in [0.05, 0.1) is 5.69 Å². The van der Waals surface area contributed by atoms with Crippen LogP contribution < -0.4 is 5.32 Å². The van der Waals surface area contributed by atoms with Crippen molar-refractivity contribution in [3.05, 3.63) is 113 Å². The molecule has 4 aromatic rings. The molecule has 224 valence electrons. The third kappa shape index (κ3) is 5.79. The molecule has 4 aromatic carbocycles. The predicted molar refractivity (Wildman–Crippen MR) is 148 cm³/mol. The summed E-state index contributed by atoms with van der Waals surface area (Å²) in [4.78, 5) is 24.4. The fraction of sp³-hybridized carbons (Fsp3) is 0.188. The Morgan fingerprint density at radius 2 is 1.14 bits per heavy atom. The first-order chi connectivity index (χ1) is 20.1. The van der Waals surface area contributed by atoms with E-state index in [0.29, 0.717) is 41.8 Å². The van der Waals surface area contributed by atoms with Crippen LogP contribution in [0.5, 0.6) is 11.5 Å². The van der Waals surface area contributed by atoms with Crippen molar-refractivity contribution >= 4 is 17.4 Å². The van der Waals surface area contributed by atoms with E-state index in [2.05, 4.69) is 5.32 Å². The van der Waals surface area contributed by atoms with Crippen molar-refractivity contribution in [2.75, 3.05) is 5.32 Å². The van der Waals surface area contributed by atoms with Crippen LogP contribution in [0.1, 0.15) is 51.3 Å². The number of aromatic hydroxyl groups is 2. The van der Waals surface area contributed by atoms with Gasteiger partial charge in [0.2, 0.25) is 5.41 Å². The number of alkyl halides is 6. The van der Waals surface area contributed by atoms with Gasteiger partial charge in [0.1, 0.15) is 11.5 Å². The fourth-order valence-electron chi connectivity index (χ4n) is 4.86. The summed E-state index contributed by atoms with van der Waals surface area (Å²) in [6.45, 7) is 3.01. The number of ketones is 1. The number of anilines is 1. The number of hydrogen-bond acceptors (Lipinski definition) is 4. The summed E-state index contributed by atoms with van der Waals surface area (Å²) in [6.07, 6.45) is -11.1. The van der Waals surface area contributed by atoms with E-state index in [1.807, 2.05) is 6.92 Å². The number of carbonyl (C=O) groups excluding carboxylic acids is 2. The van der Waals surface area contributed by atoms with Crippen LogP contribution in [0, 0.1) is 0 Å². The van der Waals surface area contributed by atoms with Crippen molar-refractivity contribution in [3.8, 4) is 22.6 Å². The van der Waals surface area contributed by atoms with Crippen molar-refractivity contribution in [1.82, 2.24) is 0 Å². The Morgan fingerprint density at radius 1 is 0.674 bits per heavy atom. The number of rotatable bonds is 7. The smallest absolute Gasteiger partial charge is 0.411 e. The number of aryl methyl sites for hydroxylation is 1. The zero-order valence-electron chi connectivity index (χ0n) is 22.8. The Labute approximate surface area is 242 Å². The third-order valence-electron chi connectivity index (χ3n) is 7.20. The molecule has 0 saturated heterocycles. The van der Waals surface area contributed by atoms with Crippen molar-refractivity contribution < 1.29 is 46.1 Å². The first-order valence-corrected chi connectivity index (χ1v) is 12.9. The van der Waals surface area contributed by atoms with Gasteiger partial charge in [-0.25, -0.2) is 0 Å². The standard InChI is InChI=1S/C32H25F6NO4/c1-3-19-4-5-22(16-27(19)41)23-10-15-26(28(42)17-23)39-29(43)21-8-13-25(14-9-21)30(31(33,34)35,32(36,37)38)24-11-6-20(7-12-24)18(2)40/h4-17,41-42H,3H2,1-2H3,(H,39,43). The average molecular weight is 602 g/mol. The van der Waals surface area contributed by atoms with Crippen LogP contribution in [0.2, 0.25) is 0 Å². The molecule has 0 radical (unpaired) electrons. The van der Waals surface area contributed by atoms with E-state index in [4.69, 9.17) is 0 Å². The molecular formula is C32H25F6NO4. The van der Waals surface area contributed by atoms with Crippen molar-refractivity contribution in [2.45, 2.75) is 38.0 Å². The van der Waals surface area contributed by atoms with Gasteiger partial charge in [-0.2, -0.15) is 26.3 Å². The minimum atomic E-state index is -5.84. The fourth-order valence-corrected chi connectivity index (χ4v) is 4.86. The number of benzene rings is 4. The number of halogens is 6. The van der Waals surface area contributed by atoms with Crippen LogP contribution >= 0.6 is 0 Å². The van der Waals surface area contributed by atoms with Gasteiger partial charge in [0.25, 0.3) is 5.91 Å². The second-order valence-electron chi connectivity index (χ2n) is 9.84. The summed E-state index contributed by atoms with van der Waals surface area (Å²) in [5, 5.41) is 23.0. The molecule has 0 atom stereocenters. The summed E-state index contributed by atoms with van der Waals surface area (Å²) in [5.74, 6) is -1.70. The monoisotopic (exact) mass is 601 g/mol. The average Bonchev–Trinajstić information content (AvgIpc) is 2.93. The molecule has 0 heterocycles. The van der Waals surface area contributed by atoms with Crippen molar-refractivity contribution in [2.24, 2.45) is 0 Å². The van der Waals surface area contributed by atoms with Crippen LogP contribution in [0.3, 0.4) is 0 Å². The molecule has 0 unspecified atom stereocenters. The zero-order chi connectivity index (χ0) is 31.7. The minimum Gasteiger partial charge on any atom is -0.508 e. The Balaban J connectivity index is 1.65. The number of hydrogen-bond donors (Lipinski definition) is 3. The minimum absolute atomic E-state index is 0.0575. The lowest BCUT2D eigenvalue weighted by Crippen LogP contribution is -2.54. The summed E-state index contributed by atoms with van der Waals surface area (Å²) >= 11 is 0. The highest BCUT2D eigenvalue weighted by Gasteiger charge is 2.72. The molecule has 0 aliphatic rings. The van der Waals surface area contributed by atoms with Crippen LogP contribution in [0.4, 0.5) is 32.0 Å². The Morgan fingerprint density at radius 3 is 1.56 bits per heavy atom. The van der Waals surface area contributed by atoms with Crippen molar-refractivity contribution in [3.63, 3.8) is 0 Å².